The molecule has 4 bridgehead atoms. The summed E-state index contributed by atoms with van der Waals surface area (Å²) in [6, 6.07) is 0. The van der Waals surface area contributed by atoms with Gasteiger partial charge < -0.3 is 10.2 Å². The van der Waals surface area contributed by atoms with Crippen molar-refractivity contribution in [2.75, 3.05) is 0 Å². The maximum Gasteiger partial charge on any atom is 0.0925 e. The molecule has 0 aliphatic heterocycles. The van der Waals surface area contributed by atoms with Crippen LogP contribution in [0.3, 0.4) is 0 Å². The predicted molar refractivity (Wildman–Crippen MR) is 95.5 cm³/mol. The van der Waals surface area contributed by atoms with Gasteiger partial charge >= 0.3 is 0 Å². The van der Waals surface area contributed by atoms with Gasteiger partial charge in [-0.1, -0.05) is 23.3 Å². The summed E-state index contributed by atoms with van der Waals surface area (Å²) in [5, 5.41) is 19.7. The van der Waals surface area contributed by atoms with Crippen molar-refractivity contribution in [3.8, 4) is 0 Å². The van der Waals surface area contributed by atoms with E-state index in [0.29, 0.717) is 11.5 Å². The summed E-state index contributed by atoms with van der Waals surface area (Å²) in [4.78, 5) is 0. The van der Waals surface area contributed by atoms with Crippen molar-refractivity contribution in [2.45, 2.75) is 57.8 Å². The van der Waals surface area contributed by atoms with Crippen LogP contribution in [0.1, 0.15) is 57.8 Å². The second-order valence-electron chi connectivity index (χ2n) is 8.87. The monoisotopic (exact) mass is 324 g/mol. The topological polar surface area (TPSA) is 40.5 Å². The van der Waals surface area contributed by atoms with Crippen molar-refractivity contribution in [1.82, 2.24) is 0 Å². The second-order valence-corrected chi connectivity index (χ2v) is 8.87. The molecule has 2 nitrogen and oxygen atoms in total. The minimum atomic E-state index is 0.224. The first-order valence-corrected chi connectivity index (χ1v) is 9.84. The average molecular weight is 324 g/mol. The standard InChI is InChI=1S/C22H28O2/c23-20-5-1-16(2-6-20)22(17-3-7-21(24)8-4-17)18-10-14-9-15(12-18)13-19(22)11-14/h1,3,5,7,14-15,18-19,23-24H,2,4,6,8-13H2. The van der Waals surface area contributed by atoms with E-state index in [1.54, 1.807) is 11.1 Å². The van der Waals surface area contributed by atoms with E-state index in [4.69, 9.17) is 0 Å². The van der Waals surface area contributed by atoms with Gasteiger partial charge in [-0.3, -0.25) is 0 Å². The maximum atomic E-state index is 9.87. The summed E-state index contributed by atoms with van der Waals surface area (Å²) in [6.45, 7) is 0. The van der Waals surface area contributed by atoms with Crippen LogP contribution in [0.5, 0.6) is 0 Å². The first-order valence-electron chi connectivity index (χ1n) is 9.84. The zero-order chi connectivity index (χ0) is 16.3. The van der Waals surface area contributed by atoms with Gasteiger partial charge in [0.15, 0.2) is 0 Å². The third kappa shape index (κ3) is 2.01. The van der Waals surface area contributed by atoms with Crippen LogP contribution < -0.4 is 0 Å². The number of allylic oxidation sites excluding steroid dienone is 8. The Hall–Kier alpha value is -1.44. The van der Waals surface area contributed by atoms with Gasteiger partial charge in [-0.15, -0.1) is 0 Å². The molecule has 0 aromatic carbocycles. The van der Waals surface area contributed by atoms with E-state index in [1.807, 2.05) is 12.2 Å². The lowest BCUT2D eigenvalue weighted by atomic mass is 9.41. The summed E-state index contributed by atoms with van der Waals surface area (Å²) in [5.41, 5.74) is 3.38. The molecule has 4 saturated carbocycles. The van der Waals surface area contributed by atoms with Gasteiger partial charge in [0.25, 0.3) is 0 Å². The normalized spacial score (nSPS) is 39.8. The van der Waals surface area contributed by atoms with Crippen molar-refractivity contribution >= 4 is 0 Å². The van der Waals surface area contributed by atoms with Crippen molar-refractivity contribution in [1.29, 1.82) is 0 Å². The van der Waals surface area contributed by atoms with E-state index in [2.05, 4.69) is 12.2 Å². The van der Waals surface area contributed by atoms with Crippen LogP contribution in [0, 0.1) is 29.1 Å². The van der Waals surface area contributed by atoms with E-state index < -0.39 is 0 Å². The Labute approximate surface area is 144 Å². The molecule has 0 radical (unpaired) electrons. The molecule has 2 N–H and O–H groups in total. The first-order chi connectivity index (χ1) is 11.7. The highest BCUT2D eigenvalue weighted by molar-refractivity contribution is 5.42. The summed E-state index contributed by atoms with van der Waals surface area (Å²) >= 11 is 0. The largest absolute Gasteiger partial charge is 0.512 e. The molecule has 0 spiro atoms. The van der Waals surface area contributed by atoms with Crippen molar-refractivity contribution in [2.24, 2.45) is 29.1 Å². The molecule has 0 heterocycles. The molecule has 4 fully saturated rings. The SMILES string of the molecule is OC1=CC=C(C2(C3=CC=C(O)CC3)C3CC4CC(C3)CC2C4)CC1. The number of hydrogen-bond acceptors (Lipinski definition) is 2. The molecule has 0 aromatic heterocycles. The summed E-state index contributed by atoms with van der Waals surface area (Å²) in [7, 11) is 0. The van der Waals surface area contributed by atoms with E-state index >= 15 is 0 Å². The fraction of sp³-hybridized carbons (Fsp3) is 0.636. The highest BCUT2D eigenvalue weighted by Crippen LogP contribution is 2.68. The van der Waals surface area contributed by atoms with E-state index in [0.717, 1.165) is 49.4 Å². The van der Waals surface area contributed by atoms with E-state index in [1.165, 1.54) is 32.1 Å². The maximum absolute atomic E-state index is 9.87. The Morgan fingerprint density at radius 3 is 1.46 bits per heavy atom. The number of aliphatic hydroxyl groups is 2. The molecular formula is C22H28O2. The van der Waals surface area contributed by atoms with Gasteiger partial charge in [-0.2, -0.15) is 0 Å². The molecule has 6 rings (SSSR count). The first kappa shape index (κ1) is 14.9. The molecular weight excluding hydrogens is 296 g/mol. The molecule has 0 aromatic rings. The van der Waals surface area contributed by atoms with Crippen molar-refractivity contribution in [3.63, 3.8) is 0 Å². The highest BCUT2D eigenvalue weighted by atomic mass is 16.3. The zero-order valence-corrected chi connectivity index (χ0v) is 14.4. The van der Waals surface area contributed by atoms with Gasteiger partial charge in [0.1, 0.15) is 0 Å². The number of aliphatic hydroxyl groups excluding tert-OH is 2. The Kier molecular flexibility index (Phi) is 3.27. The Bertz CT molecular complexity index is 608. The molecule has 0 saturated heterocycles. The lowest BCUT2D eigenvalue weighted by molar-refractivity contribution is -0.0705. The van der Waals surface area contributed by atoms with Gasteiger partial charge in [0.2, 0.25) is 0 Å². The summed E-state index contributed by atoms with van der Waals surface area (Å²) < 4.78 is 0. The molecule has 128 valence electrons. The highest BCUT2D eigenvalue weighted by Gasteiger charge is 2.59. The molecule has 0 unspecified atom stereocenters. The smallest absolute Gasteiger partial charge is 0.0925 e. The van der Waals surface area contributed by atoms with Crippen LogP contribution in [0.15, 0.2) is 47.0 Å². The van der Waals surface area contributed by atoms with Crippen LogP contribution >= 0.6 is 0 Å². The van der Waals surface area contributed by atoms with E-state index in [-0.39, 0.29) is 5.41 Å². The quantitative estimate of drug-likeness (QED) is 0.678. The molecule has 6 aliphatic carbocycles. The molecule has 2 heteroatoms. The predicted octanol–water partition coefficient (Wildman–Crippen LogP) is 5.75. The van der Waals surface area contributed by atoms with Crippen LogP contribution in [0.4, 0.5) is 0 Å². The zero-order valence-electron chi connectivity index (χ0n) is 14.4. The molecule has 0 atom stereocenters. The van der Waals surface area contributed by atoms with Crippen LogP contribution in [-0.2, 0) is 0 Å². The minimum Gasteiger partial charge on any atom is -0.512 e. The van der Waals surface area contributed by atoms with Crippen molar-refractivity contribution in [3.05, 3.63) is 47.0 Å². The van der Waals surface area contributed by atoms with Gasteiger partial charge in [0, 0.05) is 18.3 Å². The number of rotatable bonds is 2. The fourth-order valence-electron chi connectivity index (χ4n) is 7.12. The van der Waals surface area contributed by atoms with Gasteiger partial charge in [-0.05, 0) is 80.8 Å². The minimum absolute atomic E-state index is 0.224. The van der Waals surface area contributed by atoms with Crippen LogP contribution in [0.2, 0.25) is 0 Å². The summed E-state index contributed by atoms with van der Waals surface area (Å²) in [5.74, 6) is 4.56. The lowest BCUT2D eigenvalue weighted by Crippen LogP contribution is -2.55. The Morgan fingerprint density at radius 1 is 0.625 bits per heavy atom. The molecule has 0 amide bonds. The molecule has 24 heavy (non-hydrogen) atoms. The fourth-order valence-corrected chi connectivity index (χ4v) is 7.12. The third-order valence-electron chi connectivity index (χ3n) is 7.74. The Balaban J connectivity index is 1.65. The summed E-state index contributed by atoms with van der Waals surface area (Å²) in [6.07, 6.45) is 19.1. The van der Waals surface area contributed by atoms with Crippen LogP contribution in [-0.4, -0.2) is 10.2 Å². The second kappa shape index (κ2) is 5.28. The van der Waals surface area contributed by atoms with Gasteiger partial charge in [-0.25, -0.2) is 0 Å². The molecule has 6 aliphatic rings. The Morgan fingerprint density at radius 2 is 1.08 bits per heavy atom. The van der Waals surface area contributed by atoms with Crippen molar-refractivity contribution < 1.29 is 10.2 Å². The lowest BCUT2D eigenvalue weighted by Gasteiger charge is -2.63. The van der Waals surface area contributed by atoms with Gasteiger partial charge in [0.05, 0.1) is 11.5 Å². The van der Waals surface area contributed by atoms with E-state index in [9.17, 15) is 10.2 Å². The average Bonchev–Trinajstić information content (AvgIpc) is 2.57. The van der Waals surface area contributed by atoms with Crippen LogP contribution in [0.25, 0.3) is 0 Å². The third-order valence-corrected chi connectivity index (χ3v) is 7.74. The number of hydrogen-bond donors (Lipinski definition) is 2.